The average Bonchev–Trinajstić information content (AvgIpc) is 2.88. The van der Waals surface area contributed by atoms with Crippen LogP contribution in [0.15, 0.2) is 29.2 Å². The molecule has 0 spiro atoms. The summed E-state index contributed by atoms with van der Waals surface area (Å²) in [4.78, 5) is 50.9. The van der Waals surface area contributed by atoms with E-state index in [9.17, 15) is 27.6 Å². The highest BCUT2D eigenvalue weighted by molar-refractivity contribution is 7.90. The highest BCUT2D eigenvalue weighted by Gasteiger charge is 2.48. The molecule has 0 aliphatic carbocycles. The fourth-order valence-electron chi connectivity index (χ4n) is 2.14. The Labute approximate surface area is 124 Å². The molecule has 10 heteroatoms. The van der Waals surface area contributed by atoms with Crippen molar-refractivity contribution in [1.82, 2.24) is 9.37 Å². The molecule has 4 amide bonds. The Bertz CT molecular complexity index is 814. The van der Waals surface area contributed by atoms with Crippen LogP contribution in [0.1, 0.15) is 23.2 Å². The van der Waals surface area contributed by atoms with Crippen molar-refractivity contribution in [2.45, 2.75) is 17.7 Å². The minimum absolute atomic E-state index is 0.101. The van der Waals surface area contributed by atoms with E-state index in [1.54, 1.807) is 0 Å². The molecular weight excluding hydrogens is 316 g/mol. The molecule has 1 aromatic carbocycles. The summed E-state index contributed by atoms with van der Waals surface area (Å²) in [7, 11) is -4.41. The first-order valence-corrected chi connectivity index (χ1v) is 7.54. The van der Waals surface area contributed by atoms with E-state index in [4.69, 9.17) is 0 Å². The summed E-state index contributed by atoms with van der Waals surface area (Å²) in [5, 5.41) is 0.175. The normalized spacial score (nSPS) is 19.5. The molecule has 1 fully saturated rings. The lowest BCUT2D eigenvalue weighted by atomic mass is 10.2. The van der Waals surface area contributed by atoms with Crippen molar-refractivity contribution < 1.29 is 32.4 Å². The van der Waals surface area contributed by atoms with E-state index in [0.29, 0.717) is 0 Å². The van der Waals surface area contributed by atoms with Gasteiger partial charge in [0.15, 0.2) is 0 Å². The van der Waals surface area contributed by atoms with Crippen molar-refractivity contribution >= 4 is 33.8 Å². The molecule has 0 radical (unpaired) electrons. The number of rotatable bonds is 1. The third kappa shape index (κ3) is 1.88. The summed E-state index contributed by atoms with van der Waals surface area (Å²) >= 11 is 0. The summed E-state index contributed by atoms with van der Waals surface area (Å²) in [6.07, 6.45) is -1.91. The van der Waals surface area contributed by atoms with Crippen molar-refractivity contribution in [1.29, 1.82) is 0 Å². The molecule has 2 aliphatic heterocycles. The van der Waals surface area contributed by atoms with Gasteiger partial charge in [-0.25, -0.2) is 13.2 Å². The Morgan fingerprint density at radius 2 is 1.64 bits per heavy atom. The van der Waals surface area contributed by atoms with E-state index < -0.39 is 33.8 Å². The van der Waals surface area contributed by atoms with Gasteiger partial charge in [-0.1, -0.05) is 12.1 Å². The van der Waals surface area contributed by atoms with Gasteiger partial charge in [-0.3, -0.25) is 14.4 Å². The number of amides is 4. The third-order valence-electron chi connectivity index (χ3n) is 3.16. The largest absolute Gasteiger partial charge is 0.456 e. The molecule has 1 aromatic rings. The second-order valence-electron chi connectivity index (χ2n) is 4.51. The van der Waals surface area contributed by atoms with Crippen LogP contribution in [0, 0.1) is 0 Å². The molecule has 0 saturated carbocycles. The van der Waals surface area contributed by atoms with Gasteiger partial charge in [0.1, 0.15) is 4.90 Å². The first kappa shape index (κ1) is 14.2. The van der Waals surface area contributed by atoms with Gasteiger partial charge in [-0.15, -0.1) is 9.37 Å². The number of carbonyl (C=O) groups is 4. The predicted octanol–water partition coefficient (Wildman–Crippen LogP) is 0.0317. The van der Waals surface area contributed by atoms with Crippen LogP contribution in [0.4, 0.5) is 4.79 Å². The molecule has 22 heavy (non-hydrogen) atoms. The van der Waals surface area contributed by atoms with Gasteiger partial charge in [-0.2, -0.15) is 0 Å². The fraction of sp³-hybridized carbons (Fsp3) is 0.167. The van der Waals surface area contributed by atoms with Crippen molar-refractivity contribution in [3.8, 4) is 0 Å². The van der Waals surface area contributed by atoms with Gasteiger partial charge in [0.2, 0.25) is 0 Å². The van der Waals surface area contributed by atoms with Crippen molar-refractivity contribution in [3.63, 3.8) is 0 Å². The summed E-state index contributed by atoms with van der Waals surface area (Å²) < 4.78 is 24.3. The zero-order valence-corrected chi connectivity index (χ0v) is 11.7. The number of hydroxylamine groups is 2. The van der Waals surface area contributed by atoms with E-state index in [-0.39, 0.29) is 32.7 Å². The van der Waals surface area contributed by atoms with Crippen LogP contribution in [0.5, 0.6) is 0 Å². The molecule has 114 valence electrons. The average molecular weight is 324 g/mol. The van der Waals surface area contributed by atoms with Crippen LogP contribution < -0.4 is 0 Å². The quantitative estimate of drug-likeness (QED) is 0.669. The van der Waals surface area contributed by atoms with Crippen LogP contribution in [0.3, 0.4) is 0 Å². The fourth-order valence-corrected chi connectivity index (χ4v) is 3.57. The molecule has 1 saturated heterocycles. The number of sulfonamides is 1. The summed E-state index contributed by atoms with van der Waals surface area (Å²) in [6.45, 7) is 0. The van der Waals surface area contributed by atoms with Crippen molar-refractivity contribution in [2.24, 2.45) is 0 Å². The zero-order chi connectivity index (χ0) is 16.1. The molecular formula is C12H8N2O7S. The molecule has 0 atom stereocenters. The summed E-state index contributed by atoms with van der Waals surface area (Å²) in [5.74, 6) is -2.65. The maximum absolute atomic E-state index is 12.2. The highest BCUT2D eigenvalue weighted by atomic mass is 32.2. The Hall–Kier alpha value is -2.75. The van der Waals surface area contributed by atoms with Gasteiger partial charge in [-0.05, 0) is 12.1 Å². The first-order chi connectivity index (χ1) is 10.3. The van der Waals surface area contributed by atoms with Gasteiger partial charge < -0.3 is 4.84 Å². The zero-order valence-electron chi connectivity index (χ0n) is 10.9. The second-order valence-corrected chi connectivity index (χ2v) is 6.26. The van der Waals surface area contributed by atoms with Crippen molar-refractivity contribution in [3.05, 3.63) is 29.8 Å². The molecule has 0 N–H and O–H groups in total. The number of hydrogen-bond acceptors (Lipinski definition) is 7. The smallest absolute Gasteiger partial charge is 0.310 e. The maximum Gasteiger partial charge on any atom is 0.456 e. The van der Waals surface area contributed by atoms with E-state index in [1.165, 1.54) is 24.3 Å². The number of hydrogen-bond donors (Lipinski definition) is 0. The lowest BCUT2D eigenvalue weighted by Gasteiger charge is -2.17. The summed E-state index contributed by atoms with van der Waals surface area (Å²) in [5.41, 5.74) is -0.182. The van der Waals surface area contributed by atoms with E-state index in [2.05, 4.69) is 4.84 Å². The Morgan fingerprint density at radius 3 is 2.23 bits per heavy atom. The van der Waals surface area contributed by atoms with Gasteiger partial charge in [0.05, 0.1) is 5.56 Å². The second kappa shape index (κ2) is 4.63. The first-order valence-electron chi connectivity index (χ1n) is 6.10. The van der Waals surface area contributed by atoms with E-state index in [1.807, 2.05) is 0 Å². The Kier molecular flexibility index (Phi) is 2.99. The predicted molar refractivity (Wildman–Crippen MR) is 67.4 cm³/mol. The molecule has 0 aromatic heterocycles. The van der Waals surface area contributed by atoms with Crippen LogP contribution in [0.25, 0.3) is 0 Å². The Morgan fingerprint density at radius 1 is 1.05 bits per heavy atom. The monoisotopic (exact) mass is 324 g/mol. The number of nitrogens with zero attached hydrogens (tertiary/aromatic N) is 2. The van der Waals surface area contributed by atoms with Crippen LogP contribution in [-0.4, -0.2) is 41.6 Å². The number of benzene rings is 1. The van der Waals surface area contributed by atoms with Crippen molar-refractivity contribution in [2.75, 3.05) is 0 Å². The van der Waals surface area contributed by atoms with Crippen LogP contribution in [-0.2, 0) is 24.4 Å². The van der Waals surface area contributed by atoms with Crippen LogP contribution in [0.2, 0.25) is 0 Å². The topological polar surface area (TPSA) is 118 Å². The number of carbonyl (C=O) groups excluding carboxylic acids is 4. The highest BCUT2D eigenvalue weighted by Crippen LogP contribution is 2.30. The maximum atomic E-state index is 12.2. The van der Waals surface area contributed by atoms with Gasteiger partial charge in [0, 0.05) is 12.8 Å². The molecule has 3 rings (SSSR count). The third-order valence-corrected chi connectivity index (χ3v) is 4.87. The number of fused-ring (bicyclic) bond motifs is 1. The SMILES string of the molecule is O=C1CCC(=O)N1OC(=O)N1C(=O)c2ccccc2S1(=O)=O. The number of imide groups is 2. The van der Waals surface area contributed by atoms with Crippen LogP contribution >= 0.6 is 0 Å². The minimum Gasteiger partial charge on any atom is -0.310 e. The molecule has 0 bridgehead atoms. The summed E-state index contributed by atoms with van der Waals surface area (Å²) in [6, 6.07) is 5.25. The molecule has 9 nitrogen and oxygen atoms in total. The molecule has 2 heterocycles. The minimum atomic E-state index is -4.41. The molecule has 0 unspecified atom stereocenters. The lowest BCUT2D eigenvalue weighted by Crippen LogP contribution is -2.42. The van der Waals surface area contributed by atoms with Gasteiger partial charge >= 0.3 is 6.09 Å². The standard InChI is InChI=1S/C12H8N2O7S/c15-9-5-6-10(16)13(9)21-12(18)14-11(17)7-3-1-2-4-8(7)22(14,19)20/h1-4H,5-6H2. The Balaban J connectivity index is 1.93. The van der Waals surface area contributed by atoms with Gasteiger partial charge in [0.25, 0.3) is 27.7 Å². The lowest BCUT2D eigenvalue weighted by molar-refractivity contribution is -0.172. The molecule has 2 aliphatic rings. The van der Waals surface area contributed by atoms with E-state index in [0.717, 1.165) is 0 Å². The van der Waals surface area contributed by atoms with E-state index >= 15 is 0 Å².